The highest BCUT2D eigenvalue weighted by molar-refractivity contribution is 7.80. The van der Waals surface area contributed by atoms with Crippen LogP contribution in [0.2, 0.25) is 0 Å². The number of amides is 1. The summed E-state index contributed by atoms with van der Waals surface area (Å²) in [4.78, 5) is 12.2. The number of carbonyl (C=O) groups excluding carboxylic acids is 1. The van der Waals surface area contributed by atoms with E-state index in [1.165, 1.54) is 0 Å². The van der Waals surface area contributed by atoms with E-state index in [1.54, 1.807) is 31.4 Å². The Balaban J connectivity index is 1.53. The van der Waals surface area contributed by atoms with Gasteiger partial charge in [-0.3, -0.25) is 15.4 Å². The number of hydrogen-bond acceptors (Lipinski definition) is 7. The maximum Gasteiger partial charge on any atom is 0.322 e. The third kappa shape index (κ3) is 6.02. The Kier molecular flexibility index (Phi) is 7.19. The number of carbonyl (C=O) groups is 1. The molecule has 1 aromatic heterocycles. The van der Waals surface area contributed by atoms with Crippen LogP contribution in [0.15, 0.2) is 46.9 Å². The number of ether oxygens (including phenoxy) is 2. The van der Waals surface area contributed by atoms with E-state index < -0.39 is 5.91 Å². The summed E-state index contributed by atoms with van der Waals surface area (Å²) >= 11 is 5.15. The van der Waals surface area contributed by atoms with E-state index in [0.717, 1.165) is 22.4 Å². The second-order valence-electron chi connectivity index (χ2n) is 7.13. The summed E-state index contributed by atoms with van der Waals surface area (Å²) in [7, 11) is 1.59. The van der Waals surface area contributed by atoms with Crippen molar-refractivity contribution in [3.8, 4) is 23.0 Å². The molecule has 0 atom stereocenters. The molecule has 0 unspecified atom stereocenters. The van der Waals surface area contributed by atoms with Gasteiger partial charge in [-0.1, -0.05) is 31.1 Å². The highest BCUT2D eigenvalue weighted by Gasteiger charge is 2.13. The van der Waals surface area contributed by atoms with Crippen LogP contribution in [-0.4, -0.2) is 34.9 Å². The van der Waals surface area contributed by atoms with Crippen molar-refractivity contribution in [1.29, 1.82) is 0 Å². The largest absolute Gasteiger partial charge is 0.497 e. The summed E-state index contributed by atoms with van der Waals surface area (Å²) in [5.74, 6) is 1.59. The fourth-order valence-corrected chi connectivity index (χ4v) is 3.00. The molecule has 1 heterocycles. The number of hydrogen-bond donors (Lipinski definition) is 2. The van der Waals surface area contributed by atoms with E-state index >= 15 is 0 Å². The zero-order valence-electron chi connectivity index (χ0n) is 17.8. The Morgan fingerprint density at radius 2 is 1.90 bits per heavy atom. The van der Waals surface area contributed by atoms with Gasteiger partial charge in [0.05, 0.1) is 7.11 Å². The molecule has 0 saturated carbocycles. The number of benzene rings is 2. The van der Waals surface area contributed by atoms with Crippen LogP contribution in [0.25, 0.3) is 11.5 Å². The summed E-state index contributed by atoms with van der Waals surface area (Å²) < 4.78 is 16.4. The molecule has 8 nitrogen and oxygen atoms in total. The normalized spacial score (nSPS) is 10.6. The van der Waals surface area contributed by atoms with Gasteiger partial charge in [-0.2, -0.15) is 0 Å². The predicted molar refractivity (Wildman–Crippen MR) is 121 cm³/mol. The van der Waals surface area contributed by atoms with Gasteiger partial charge >= 0.3 is 6.01 Å². The first-order valence-corrected chi connectivity index (χ1v) is 10.1. The van der Waals surface area contributed by atoms with E-state index in [4.69, 9.17) is 26.1 Å². The van der Waals surface area contributed by atoms with Crippen molar-refractivity contribution in [2.45, 2.75) is 26.7 Å². The number of aryl methyl sites for hydroxylation is 1. The quantitative estimate of drug-likeness (QED) is 0.531. The number of rotatable bonds is 7. The van der Waals surface area contributed by atoms with Crippen molar-refractivity contribution in [2.24, 2.45) is 0 Å². The van der Waals surface area contributed by atoms with Gasteiger partial charge in [-0.15, -0.1) is 5.10 Å². The van der Waals surface area contributed by atoms with Gasteiger partial charge in [-0.05, 0) is 66.5 Å². The fraction of sp³-hybridized carbons (Fsp3) is 0.273. The molecule has 0 bridgehead atoms. The molecule has 3 aromatic rings. The van der Waals surface area contributed by atoms with Crippen LogP contribution in [0.1, 0.15) is 30.9 Å². The minimum Gasteiger partial charge on any atom is -0.497 e. The number of anilines is 1. The lowest BCUT2D eigenvalue weighted by atomic mass is 10.0. The molecule has 0 aliphatic heterocycles. The highest BCUT2D eigenvalue weighted by atomic mass is 32.1. The molecule has 0 spiro atoms. The van der Waals surface area contributed by atoms with Crippen molar-refractivity contribution >= 4 is 29.3 Å². The second kappa shape index (κ2) is 10.0. The minimum absolute atomic E-state index is 0.0341. The Morgan fingerprint density at radius 3 is 2.58 bits per heavy atom. The topological polar surface area (TPSA) is 98.5 Å². The molecule has 162 valence electrons. The van der Waals surface area contributed by atoms with Crippen LogP contribution in [0.5, 0.6) is 11.5 Å². The van der Waals surface area contributed by atoms with Crippen LogP contribution in [0.4, 0.5) is 6.01 Å². The van der Waals surface area contributed by atoms with Gasteiger partial charge in [0.25, 0.3) is 5.91 Å². The molecule has 0 aliphatic rings. The van der Waals surface area contributed by atoms with E-state index in [2.05, 4.69) is 34.7 Å². The van der Waals surface area contributed by atoms with Crippen LogP contribution < -0.4 is 20.1 Å². The SMILES string of the molecule is COc1ccc(-c2nnc(NC(=S)NC(=O)COc3cc(C)ccc3C(C)C)o2)cc1. The summed E-state index contributed by atoms with van der Waals surface area (Å²) in [5, 5.41) is 13.1. The van der Waals surface area contributed by atoms with E-state index in [-0.39, 0.29) is 23.7 Å². The van der Waals surface area contributed by atoms with Crippen molar-refractivity contribution in [2.75, 3.05) is 19.0 Å². The van der Waals surface area contributed by atoms with E-state index in [1.807, 2.05) is 25.1 Å². The molecule has 31 heavy (non-hydrogen) atoms. The summed E-state index contributed by atoms with van der Waals surface area (Å²) in [6.07, 6.45) is 0. The van der Waals surface area contributed by atoms with E-state index in [0.29, 0.717) is 11.6 Å². The monoisotopic (exact) mass is 440 g/mol. The fourth-order valence-electron chi connectivity index (χ4n) is 2.80. The van der Waals surface area contributed by atoms with Crippen molar-refractivity contribution in [1.82, 2.24) is 15.5 Å². The molecule has 0 saturated heterocycles. The first kappa shape index (κ1) is 22.2. The van der Waals surface area contributed by atoms with Gasteiger partial charge in [0.2, 0.25) is 5.89 Å². The van der Waals surface area contributed by atoms with Gasteiger partial charge < -0.3 is 13.9 Å². The second-order valence-corrected chi connectivity index (χ2v) is 7.54. The zero-order chi connectivity index (χ0) is 22.4. The summed E-state index contributed by atoms with van der Waals surface area (Å²) in [5.41, 5.74) is 2.82. The standard InChI is InChI=1S/C22H24N4O4S/c1-13(2)17-10-5-14(3)11-18(17)29-12-19(27)23-22(31)24-21-26-25-20(30-21)15-6-8-16(28-4)9-7-15/h5-11,13H,12H2,1-4H3,(H2,23,24,26,27,31). The van der Waals surface area contributed by atoms with Crippen molar-refractivity contribution in [3.63, 3.8) is 0 Å². The number of methoxy groups -OCH3 is 1. The van der Waals surface area contributed by atoms with Crippen molar-refractivity contribution in [3.05, 3.63) is 53.6 Å². The molecule has 3 rings (SSSR count). The lowest BCUT2D eigenvalue weighted by molar-refractivity contribution is -0.121. The summed E-state index contributed by atoms with van der Waals surface area (Å²) in [6.45, 7) is 5.94. The van der Waals surface area contributed by atoms with Crippen molar-refractivity contribution < 1.29 is 18.7 Å². The Bertz CT molecular complexity index is 1060. The number of nitrogens with one attached hydrogen (secondary N) is 2. The Hall–Kier alpha value is -3.46. The average Bonchev–Trinajstić information content (AvgIpc) is 3.20. The minimum atomic E-state index is -0.399. The van der Waals surface area contributed by atoms with Gasteiger partial charge in [-0.25, -0.2) is 0 Å². The molecule has 0 aliphatic carbocycles. The first-order chi connectivity index (χ1) is 14.9. The maximum atomic E-state index is 12.2. The van der Waals surface area contributed by atoms with Gasteiger partial charge in [0, 0.05) is 5.56 Å². The van der Waals surface area contributed by atoms with Crippen LogP contribution in [-0.2, 0) is 4.79 Å². The highest BCUT2D eigenvalue weighted by Crippen LogP contribution is 2.27. The van der Waals surface area contributed by atoms with Gasteiger partial charge in [0.1, 0.15) is 11.5 Å². The molecule has 1 amide bonds. The molecular weight excluding hydrogens is 416 g/mol. The van der Waals surface area contributed by atoms with Crippen LogP contribution >= 0.6 is 12.2 Å². The molecule has 9 heteroatoms. The van der Waals surface area contributed by atoms with Crippen LogP contribution in [0.3, 0.4) is 0 Å². The van der Waals surface area contributed by atoms with Crippen LogP contribution in [0, 0.1) is 6.92 Å². The van der Waals surface area contributed by atoms with Gasteiger partial charge in [0.15, 0.2) is 11.7 Å². The lowest BCUT2D eigenvalue weighted by Gasteiger charge is -2.15. The number of aromatic nitrogens is 2. The molecule has 2 aromatic carbocycles. The number of thiocarbonyl (C=S) groups is 1. The lowest BCUT2D eigenvalue weighted by Crippen LogP contribution is -2.37. The van der Waals surface area contributed by atoms with E-state index in [9.17, 15) is 4.79 Å². The molecule has 2 N–H and O–H groups in total. The third-order valence-electron chi connectivity index (χ3n) is 4.39. The smallest absolute Gasteiger partial charge is 0.322 e. The first-order valence-electron chi connectivity index (χ1n) is 9.68. The molecule has 0 fully saturated rings. The average molecular weight is 441 g/mol. The maximum absolute atomic E-state index is 12.2. The summed E-state index contributed by atoms with van der Waals surface area (Å²) in [6, 6.07) is 13.2. The molecule has 0 radical (unpaired) electrons. The Morgan fingerprint density at radius 1 is 1.16 bits per heavy atom. The zero-order valence-corrected chi connectivity index (χ0v) is 18.6. The predicted octanol–water partition coefficient (Wildman–Crippen LogP) is 4.07. The number of nitrogens with zero attached hydrogens (tertiary/aromatic N) is 2. The Labute approximate surface area is 186 Å². The molecular formula is C22H24N4O4S. The third-order valence-corrected chi connectivity index (χ3v) is 4.59.